The molecule has 0 aliphatic carbocycles. The van der Waals surface area contributed by atoms with Crippen LogP contribution in [0.25, 0.3) is 11.0 Å². The average molecular weight is 478 g/mol. The lowest BCUT2D eigenvalue weighted by atomic mass is 10.0. The molecule has 0 bridgehead atoms. The molecule has 9 nitrogen and oxygen atoms in total. The Bertz CT molecular complexity index is 1190. The topological polar surface area (TPSA) is 114 Å². The summed E-state index contributed by atoms with van der Waals surface area (Å²) >= 11 is 0. The predicted molar refractivity (Wildman–Crippen MR) is 137 cm³/mol. The number of nitrogens with two attached hydrogens (primary N) is 1. The Morgan fingerprint density at radius 3 is 2.69 bits per heavy atom. The third kappa shape index (κ3) is 5.66. The minimum absolute atomic E-state index is 0.233. The van der Waals surface area contributed by atoms with E-state index < -0.39 is 0 Å². The van der Waals surface area contributed by atoms with Gasteiger partial charge < -0.3 is 25.1 Å². The summed E-state index contributed by atoms with van der Waals surface area (Å²) in [7, 11) is 3.72. The van der Waals surface area contributed by atoms with E-state index in [0.29, 0.717) is 41.7 Å². The normalized spacial score (nSPS) is 14.8. The first-order valence-corrected chi connectivity index (χ1v) is 12.3. The Morgan fingerprint density at radius 1 is 1.20 bits per heavy atom. The number of unbranched alkanes of at least 4 members (excludes halogenated alkanes) is 1. The molecule has 0 atom stereocenters. The van der Waals surface area contributed by atoms with Crippen molar-refractivity contribution in [1.29, 1.82) is 5.26 Å². The van der Waals surface area contributed by atoms with Gasteiger partial charge >= 0.3 is 6.01 Å². The molecule has 1 aliphatic heterocycles. The molecule has 0 amide bonds. The van der Waals surface area contributed by atoms with Gasteiger partial charge in [-0.1, -0.05) is 25.5 Å². The number of hydrogen-bond acceptors (Lipinski definition) is 8. The Morgan fingerprint density at radius 2 is 2.00 bits per heavy atom. The molecule has 0 radical (unpaired) electrons. The molecule has 1 aliphatic rings. The third-order valence-electron chi connectivity index (χ3n) is 6.69. The minimum Gasteiger partial charge on any atom is -0.496 e. The molecule has 35 heavy (non-hydrogen) atoms. The number of anilines is 1. The summed E-state index contributed by atoms with van der Waals surface area (Å²) in [6, 6.07) is 11.2. The number of piperidine rings is 1. The van der Waals surface area contributed by atoms with E-state index in [2.05, 4.69) is 51.4 Å². The van der Waals surface area contributed by atoms with E-state index in [0.717, 1.165) is 43.8 Å². The smallest absolute Gasteiger partial charge is 0.320 e. The fourth-order valence-corrected chi connectivity index (χ4v) is 4.58. The van der Waals surface area contributed by atoms with Crippen molar-refractivity contribution in [3.05, 3.63) is 41.1 Å². The van der Waals surface area contributed by atoms with Crippen LogP contribution in [-0.2, 0) is 13.1 Å². The first kappa shape index (κ1) is 24.8. The molecule has 0 unspecified atom stereocenters. The number of nitrogens with one attached hydrogen (secondary N) is 1. The highest BCUT2D eigenvalue weighted by Gasteiger charge is 2.20. The van der Waals surface area contributed by atoms with Crippen LogP contribution >= 0.6 is 0 Å². The van der Waals surface area contributed by atoms with Crippen LogP contribution in [0.4, 0.5) is 5.82 Å². The van der Waals surface area contributed by atoms with Crippen molar-refractivity contribution in [2.24, 2.45) is 0 Å². The van der Waals surface area contributed by atoms with Crippen LogP contribution in [0.3, 0.4) is 0 Å². The van der Waals surface area contributed by atoms with Crippen molar-refractivity contribution < 1.29 is 9.47 Å². The van der Waals surface area contributed by atoms with Gasteiger partial charge in [0.05, 0.1) is 25.6 Å². The van der Waals surface area contributed by atoms with Crippen molar-refractivity contribution in [1.82, 2.24) is 24.8 Å². The van der Waals surface area contributed by atoms with Gasteiger partial charge in [0.15, 0.2) is 5.65 Å². The first-order chi connectivity index (χ1) is 17.1. The second-order valence-electron chi connectivity index (χ2n) is 9.04. The Labute approximate surface area is 206 Å². The Kier molecular flexibility index (Phi) is 8.06. The highest BCUT2D eigenvalue weighted by atomic mass is 16.5. The number of methoxy groups -OCH3 is 1. The SMILES string of the molecule is CCCCOc1nc(N)c2cc(C#N)n(Cc3ccc(CN4CCC(NC)CC4)cc3OC)c2n1. The highest BCUT2D eigenvalue weighted by molar-refractivity contribution is 5.88. The number of nitrogens with zero attached hydrogens (tertiary/aromatic N) is 5. The van der Waals surface area contributed by atoms with Crippen molar-refractivity contribution in [2.75, 3.05) is 39.6 Å². The molecule has 1 fully saturated rings. The van der Waals surface area contributed by atoms with Crippen molar-refractivity contribution in [3.8, 4) is 17.8 Å². The maximum absolute atomic E-state index is 9.79. The van der Waals surface area contributed by atoms with Crippen LogP contribution in [-0.4, -0.2) is 59.3 Å². The summed E-state index contributed by atoms with van der Waals surface area (Å²) in [4.78, 5) is 11.3. The molecule has 0 spiro atoms. The van der Waals surface area contributed by atoms with E-state index in [9.17, 15) is 5.26 Å². The maximum atomic E-state index is 9.79. The maximum Gasteiger partial charge on any atom is 0.320 e. The molecule has 3 heterocycles. The number of aromatic nitrogens is 3. The van der Waals surface area contributed by atoms with Gasteiger partial charge in [-0.3, -0.25) is 4.90 Å². The fourth-order valence-electron chi connectivity index (χ4n) is 4.58. The van der Waals surface area contributed by atoms with E-state index in [-0.39, 0.29) is 6.01 Å². The van der Waals surface area contributed by atoms with E-state index in [1.807, 2.05) is 11.6 Å². The zero-order chi connectivity index (χ0) is 24.8. The zero-order valence-corrected chi connectivity index (χ0v) is 20.9. The molecule has 186 valence electrons. The monoisotopic (exact) mass is 477 g/mol. The van der Waals surface area contributed by atoms with E-state index in [4.69, 9.17) is 15.2 Å². The van der Waals surface area contributed by atoms with Gasteiger partial charge in [-0.2, -0.15) is 15.2 Å². The zero-order valence-electron chi connectivity index (χ0n) is 20.9. The van der Waals surface area contributed by atoms with E-state index >= 15 is 0 Å². The molecular weight excluding hydrogens is 442 g/mol. The highest BCUT2D eigenvalue weighted by Crippen LogP contribution is 2.29. The van der Waals surface area contributed by atoms with Crippen LogP contribution in [0, 0.1) is 11.3 Å². The molecule has 3 aromatic rings. The van der Waals surface area contributed by atoms with E-state index in [1.165, 1.54) is 18.4 Å². The largest absolute Gasteiger partial charge is 0.496 e. The van der Waals surface area contributed by atoms with Gasteiger partial charge in [-0.15, -0.1) is 0 Å². The molecule has 1 aromatic carbocycles. The molecule has 4 rings (SSSR count). The van der Waals surface area contributed by atoms with Crippen molar-refractivity contribution in [2.45, 2.75) is 51.7 Å². The minimum atomic E-state index is 0.233. The summed E-state index contributed by atoms with van der Waals surface area (Å²) in [5.74, 6) is 1.10. The average Bonchev–Trinajstić information content (AvgIpc) is 3.23. The van der Waals surface area contributed by atoms with Gasteiger partial charge in [0.25, 0.3) is 0 Å². The number of nitrogen functional groups attached to an aromatic ring is 1. The van der Waals surface area contributed by atoms with Gasteiger partial charge in [0, 0.05) is 18.2 Å². The number of hydrogen-bond donors (Lipinski definition) is 2. The summed E-state index contributed by atoms with van der Waals surface area (Å²) < 4.78 is 13.3. The quantitative estimate of drug-likeness (QED) is 0.428. The van der Waals surface area contributed by atoms with Gasteiger partial charge in [-0.05, 0) is 57.1 Å². The Hall–Kier alpha value is -3.35. The van der Waals surface area contributed by atoms with Crippen molar-refractivity contribution in [3.63, 3.8) is 0 Å². The number of rotatable bonds is 10. The Balaban J connectivity index is 1.58. The van der Waals surface area contributed by atoms with Gasteiger partial charge in [0.1, 0.15) is 23.3 Å². The molecule has 2 aromatic heterocycles. The number of nitriles is 1. The lowest BCUT2D eigenvalue weighted by molar-refractivity contribution is 0.194. The third-order valence-corrected chi connectivity index (χ3v) is 6.69. The fraction of sp³-hybridized carbons (Fsp3) is 0.500. The van der Waals surface area contributed by atoms with Crippen LogP contribution in [0.15, 0.2) is 24.3 Å². The summed E-state index contributed by atoms with van der Waals surface area (Å²) in [5.41, 5.74) is 9.41. The predicted octanol–water partition coefficient (Wildman–Crippen LogP) is 3.30. The first-order valence-electron chi connectivity index (χ1n) is 12.3. The number of fused-ring (bicyclic) bond motifs is 1. The van der Waals surface area contributed by atoms with Crippen LogP contribution in [0.1, 0.15) is 49.4 Å². The van der Waals surface area contributed by atoms with Crippen LogP contribution in [0.5, 0.6) is 11.8 Å². The van der Waals surface area contributed by atoms with Gasteiger partial charge in [-0.25, -0.2) is 0 Å². The van der Waals surface area contributed by atoms with Crippen LogP contribution < -0.4 is 20.5 Å². The summed E-state index contributed by atoms with van der Waals surface area (Å²) in [6.07, 6.45) is 4.25. The standard InChI is InChI=1S/C26H35N7O2/c1-4-5-12-35-26-30-24(28)22-14-21(15-27)33(25(22)31-26)17-19-7-6-18(13-23(19)34-3)16-32-10-8-20(29-2)9-11-32/h6-7,13-14,20,29H,4-5,8-12,16-17H2,1-3H3,(H2,28,30,31). The second-order valence-corrected chi connectivity index (χ2v) is 9.04. The molecular formula is C26H35N7O2. The summed E-state index contributed by atoms with van der Waals surface area (Å²) in [5, 5.41) is 13.8. The molecule has 9 heteroatoms. The molecule has 3 N–H and O–H groups in total. The number of likely N-dealkylation sites (tertiary alicyclic amines) is 1. The molecule has 0 saturated carbocycles. The second kappa shape index (κ2) is 11.4. The van der Waals surface area contributed by atoms with Crippen molar-refractivity contribution >= 4 is 16.9 Å². The summed E-state index contributed by atoms with van der Waals surface area (Å²) in [6.45, 7) is 6.10. The number of ether oxygens (including phenoxy) is 2. The van der Waals surface area contributed by atoms with E-state index in [1.54, 1.807) is 13.2 Å². The lowest BCUT2D eigenvalue weighted by Crippen LogP contribution is -2.40. The van der Waals surface area contributed by atoms with Gasteiger partial charge in [0.2, 0.25) is 0 Å². The lowest BCUT2D eigenvalue weighted by Gasteiger charge is -2.31. The number of benzene rings is 1. The molecule has 1 saturated heterocycles. The van der Waals surface area contributed by atoms with Crippen LogP contribution in [0.2, 0.25) is 0 Å².